The summed E-state index contributed by atoms with van der Waals surface area (Å²) in [5, 5.41) is 3.88. The van der Waals surface area contributed by atoms with Crippen LogP contribution >= 0.6 is 11.3 Å². The number of thiophene rings is 1. The first-order valence-corrected chi connectivity index (χ1v) is 6.90. The van der Waals surface area contributed by atoms with Crippen LogP contribution in [0.1, 0.15) is 11.1 Å². The Kier molecular flexibility index (Phi) is 3.35. The maximum atomic E-state index is 11.8. The second-order valence-electron chi connectivity index (χ2n) is 4.09. The Morgan fingerprint density at radius 2 is 2.15 bits per heavy atom. The SMILES string of the molecule is COc1ccccc1C1=N/C(=C\c2ccsc2)C(=O)O1. The van der Waals surface area contributed by atoms with Gasteiger partial charge in [0.15, 0.2) is 5.70 Å². The molecular formula is C15H11NO3S. The smallest absolute Gasteiger partial charge is 0.363 e. The van der Waals surface area contributed by atoms with Crippen molar-refractivity contribution in [3.8, 4) is 5.75 Å². The lowest BCUT2D eigenvalue weighted by Gasteiger charge is -2.05. The quantitative estimate of drug-likeness (QED) is 0.643. The van der Waals surface area contributed by atoms with Crippen molar-refractivity contribution in [3.05, 3.63) is 57.9 Å². The van der Waals surface area contributed by atoms with Gasteiger partial charge in [-0.1, -0.05) is 12.1 Å². The van der Waals surface area contributed by atoms with E-state index in [1.54, 1.807) is 36.7 Å². The molecule has 1 aromatic carbocycles. The first kappa shape index (κ1) is 12.6. The zero-order chi connectivity index (χ0) is 13.9. The van der Waals surface area contributed by atoms with E-state index in [1.807, 2.05) is 29.0 Å². The molecule has 20 heavy (non-hydrogen) atoms. The number of benzene rings is 1. The first-order chi connectivity index (χ1) is 9.78. The molecule has 4 nitrogen and oxygen atoms in total. The number of para-hydroxylation sites is 1. The van der Waals surface area contributed by atoms with Crippen LogP contribution in [0.25, 0.3) is 6.08 Å². The molecule has 0 bridgehead atoms. The van der Waals surface area contributed by atoms with E-state index in [-0.39, 0.29) is 5.90 Å². The topological polar surface area (TPSA) is 47.9 Å². The van der Waals surface area contributed by atoms with E-state index in [2.05, 4.69) is 4.99 Å². The predicted octanol–water partition coefficient (Wildman–Crippen LogP) is 3.10. The number of nitrogens with zero attached hydrogens (tertiary/aromatic N) is 1. The molecule has 0 saturated heterocycles. The Labute approximate surface area is 120 Å². The number of cyclic esters (lactones) is 1. The molecule has 0 fully saturated rings. The zero-order valence-electron chi connectivity index (χ0n) is 10.7. The van der Waals surface area contributed by atoms with Crippen molar-refractivity contribution in [2.75, 3.05) is 7.11 Å². The van der Waals surface area contributed by atoms with Crippen molar-refractivity contribution < 1.29 is 14.3 Å². The minimum atomic E-state index is -0.447. The van der Waals surface area contributed by atoms with E-state index >= 15 is 0 Å². The fourth-order valence-electron chi connectivity index (χ4n) is 1.86. The average Bonchev–Trinajstić information content (AvgIpc) is 3.10. The van der Waals surface area contributed by atoms with E-state index < -0.39 is 5.97 Å². The molecule has 0 saturated carbocycles. The van der Waals surface area contributed by atoms with Crippen LogP contribution in [-0.2, 0) is 9.53 Å². The number of carbonyl (C=O) groups excluding carboxylic acids is 1. The van der Waals surface area contributed by atoms with Crippen molar-refractivity contribution >= 4 is 29.3 Å². The van der Waals surface area contributed by atoms with E-state index in [4.69, 9.17) is 9.47 Å². The molecule has 0 radical (unpaired) electrons. The van der Waals surface area contributed by atoms with Crippen LogP contribution in [0.15, 0.2) is 51.8 Å². The second-order valence-corrected chi connectivity index (χ2v) is 4.87. The lowest BCUT2D eigenvalue weighted by molar-refractivity contribution is -0.129. The van der Waals surface area contributed by atoms with Crippen LogP contribution in [0.5, 0.6) is 5.75 Å². The van der Waals surface area contributed by atoms with Gasteiger partial charge in [0.05, 0.1) is 12.7 Å². The lowest BCUT2D eigenvalue weighted by atomic mass is 10.2. The summed E-state index contributed by atoms with van der Waals surface area (Å²) in [6, 6.07) is 9.21. The summed E-state index contributed by atoms with van der Waals surface area (Å²) >= 11 is 1.56. The Bertz CT molecular complexity index is 702. The molecule has 0 N–H and O–H groups in total. The van der Waals surface area contributed by atoms with Crippen molar-refractivity contribution in [1.29, 1.82) is 0 Å². The highest BCUT2D eigenvalue weighted by Crippen LogP contribution is 2.25. The van der Waals surface area contributed by atoms with Gasteiger partial charge in [-0.2, -0.15) is 11.3 Å². The van der Waals surface area contributed by atoms with Crippen molar-refractivity contribution in [1.82, 2.24) is 0 Å². The average molecular weight is 285 g/mol. The molecule has 1 aliphatic heterocycles. The molecule has 2 aromatic rings. The number of carbonyl (C=O) groups is 1. The normalized spacial score (nSPS) is 16.1. The third-order valence-corrected chi connectivity index (χ3v) is 3.51. The van der Waals surface area contributed by atoms with E-state index in [0.29, 0.717) is 17.0 Å². The number of esters is 1. The molecule has 0 unspecified atom stereocenters. The number of hydrogen-bond donors (Lipinski definition) is 0. The zero-order valence-corrected chi connectivity index (χ0v) is 11.5. The molecule has 2 heterocycles. The summed E-state index contributed by atoms with van der Waals surface area (Å²) in [6.45, 7) is 0. The minimum absolute atomic E-state index is 0.272. The van der Waals surface area contributed by atoms with Crippen molar-refractivity contribution in [2.24, 2.45) is 4.99 Å². The number of aliphatic imine (C=N–C) groups is 1. The Morgan fingerprint density at radius 3 is 2.90 bits per heavy atom. The summed E-state index contributed by atoms with van der Waals surface area (Å²) in [5.41, 5.74) is 1.90. The van der Waals surface area contributed by atoms with Gasteiger partial charge < -0.3 is 9.47 Å². The van der Waals surface area contributed by atoms with Crippen LogP contribution in [0, 0.1) is 0 Å². The fraction of sp³-hybridized carbons (Fsp3) is 0.0667. The molecule has 1 aliphatic rings. The number of hydrogen-bond acceptors (Lipinski definition) is 5. The van der Waals surface area contributed by atoms with Crippen molar-refractivity contribution in [3.63, 3.8) is 0 Å². The lowest BCUT2D eigenvalue weighted by Crippen LogP contribution is -2.06. The standard InChI is InChI=1S/C15H11NO3S/c1-18-13-5-3-2-4-11(13)14-16-12(15(17)19-14)8-10-6-7-20-9-10/h2-9H,1H3/b12-8-. The van der Waals surface area contributed by atoms with Crippen LogP contribution in [0.3, 0.4) is 0 Å². The molecule has 100 valence electrons. The van der Waals surface area contributed by atoms with Gasteiger partial charge in [-0.15, -0.1) is 0 Å². The fourth-order valence-corrected chi connectivity index (χ4v) is 2.48. The Balaban J connectivity index is 1.98. The maximum absolute atomic E-state index is 11.8. The summed E-state index contributed by atoms with van der Waals surface area (Å²) in [4.78, 5) is 16.1. The van der Waals surface area contributed by atoms with Gasteiger partial charge in [0.2, 0.25) is 5.90 Å². The van der Waals surface area contributed by atoms with Gasteiger partial charge in [-0.25, -0.2) is 9.79 Å². The highest BCUT2D eigenvalue weighted by molar-refractivity contribution is 7.08. The van der Waals surface area contributed by atoms with E-state index in [1.165, 1.54) is 0 Å². The maximum Gasteiger partial charge on any atom is 0.363 e. The number of methoxy groups -OCH3 is 1. The molecular weight excluding hydrogens is 274 g/mol. The highest BCUT2D eigenvalue weighted by Gasteiger charge is 2.25. The molecule has 3 rings (SSSR count). The summed E-state index contributed by atoms with van der Waals surface area (Å²) in [7, 11) is 1.57. The van der Waals surface area contributed by atoms with Crippen LogP contribution in [0.4, 0.5) is 0 Å². The first-order valence-electron chi connectivity index (χ1n) is 5.96. The summed E-state index contributed by atoms with van der Waals surface area (Å²) in [5.74, 6) is 0.446. The number of ether oxygens (including phenoxy) is 2. The van der Waals surface area contributed by atoms with Gasteiger partial charge in [-0.3, -0.25) is 0 Å². The Hall–Kier alpha value is -2.40. The third-order valence-electron chi connectivity index (χ3n) is 2.80. The monoisotopic (exact) mass is 285 g/mol. The second kappa shape index (κ2) is 5.30. The minimum Gasteiger partial charge on any atom is -0.496 e. The largest absolute Gasteiger partial charge is 0.496 e. The van der Waals surface area contributed by atoms with Gasteiger partial charge in [-0.05, 0) is 40.6 Å². The molecule has 0 amide bonds. The molecule has 1 aromatic heterocycles. The summed E-state index contributed by atoms with van der Waals surface area (Å²) in [6.07, 6.45) is 1.71. The van der Waals surface area contributed by atoms with E-state index in [0.717, 1.165) is 5.56 Å². The molecule has 0 aliphatic carbocycles. The van der Waals surface area contributed by atoms with Gasteiger partial charge >= 0.3 is 5.97 Å². The Morgan fingerprint density at radius 1 is 1.30 bits per heavy atom. The number of rotatable bonds is 3. The van der Waals surface area contributed by atoms with Gasteiger partial charge in [0, 0.05) is 0 Å². The molecule has 0 atom stereocenters. The van der Waals surface area contributed by atoms with Crippen LogP contribution < -0.4 is 4.74 Å². The van der Waals surface area contributed by atoms with E-state index in [9.17, 15) is 4.79 Å². The predicted molar refractivity (Wildman–Crippen MR) is 77.9 cm³/mol. The van der Waals surface area contributed by atoms with Crippen molar-refractivity contribution in [2.45, 2.75) is 0 Å². The summed E-state index contributed by atoms with van der Waals surface area (Å²) < 4.78 is 10.5. The highest BCUT2D eigenvalue weighted by atomic mass is 32.1. The van der Waals surface area contributed by atoms with Crippen LogP contribution in [0.2, 0.25) is 0 Å². The van der Waals surface area contributed by atoms with Gasteiger partial charge in [0.25, 0.3) is 0 Å². The third kappa shape index (κ3) is 2.35. The molecule has 0 spiro atoms. The van der Waals surface area contributed by atoms with Gasteiger partial charge in [0.1, 0.15) is 5.75 Å². The van der Waals surface area contributed by atoms with Crippen LogP contribution in [-0.4, -0.2) is 19.0 Å². The molecule has 5 heteroatoms.